The van der Waals surface area contributed by atoms with Crippen LogP contribution in [0, 0.1) is 13.8 Å². The summed E-state index contributed by atoms with van der Waals surface area (Å²) in [5.74, 6) is 0. The standard InChI is InChI=1S/C15H24N2O/c1-11-4-5-12(2)15(8-11)13(3)17-6-7-18-14(9-16)10-17/h4-5,8,13-14H,6-7,9-10,16H2,1-3H3. The lowest BCUT2D eigenvalue weighted by Gasteiger charge is -2.37. The van der Waals surface area contributed by atoms with Crippen molar-refractivity contribution < 1.29 is 4.74 Å². The molecule has 1 fully saturated rings. The number of rotatable bonds is 3. The molecular weight excluding hydrogens is 224 g/mol. The molecule has 100 valence electrons. The summed E-state index contributed by atoms with van der Waals surface area (Å²) in [6.07, 6.45) is 0.186. The van der Waals surface area contributed by atoms with Crippen molar-refractivity contribution in [3.05, 3.63) is 34.9 Å². The van der Waals surface area contributed by atoms with Gasteiger partial charge >= 0.3 is 0 Å². The maximum atomic E-state index is 5.71. The molecule has 0 saturated carbocycles. The van der Waals surface area contributed by atoms with E-state index in [0.717, 1.165) is 19.7 Å². The molecule has 1 saturated heterocycles. The Kier molecular flexibility index (Phi) is 4.38. The van der Waals surface area contributed by atoms with Crippen LogP contribution in [-0.4, -0.2) is 37.2 Å². The van der Waals surface area contributed by atoms with Crippen LogP contribution in [0.4, 0.5) is 0 Å². The predicted octanol–water partition coefficient (Wildman–Crippen LogP) is 2.02. The van der Waals surface area contributed by atoms with E-state index in [-0.39, 0.29) is 6.10 Å². The Bertz CT molecular complexity index is 405. The van der Waals surface area contributed by atoms with Gasteiger partial charge in [0.05, 0.1) is 12.7 Å². The van der Waals surface area contributed by atoms with Crippen molar-refractivity contribution in [1.29, 1.82) is 0 Å². The van der Waals surface area contributed by atoms with Crippen LogP contribution in [-0.2, 0) is 4.74 Å². The van der Waals surface area contributed by atoms with Crippen molar-refractivity contribution in [2.75, 3.05) is 26.2 Å². The third kappa shape index (κ3) is 2.91. The second-order valence-electron chi connectivity index (χ2n) is 5.26. The highest BCUT2D eigenvalue weighted by Gasteiger charge is 2.24. The number of hydrogen-bond donors (Lipinski definition) is 1. The molecule has 1 aromatic rings. The van der Waals surface area contributed by atoms with Gasteiger partial charge < -0.3 is 10.5 Å². The Labute approximate surface area is 110 Å². The molecule has 1 heterocycles. The predicted molar refractivity (Wildman–Crippen MR) is 74.7 cm³/mol. The highest BCUT2D eigenvalue weighted by atomic mass is 16.5. The molecule has 0 radical (unpaired) electrons. The first-order valence-corrected chi connectivity index (χ1v) is 6.74. The highest BCUT2D eigenvalue weighted by molar-refractivity contribution is 5.32. The third-order valence-corrected chi connectivity index (χ3v) is 3.87. The summed E-state index contributed by atoms with van der Waals surface area (Å²) in [5.41, 5.74) is 9.82. The number of ether oxygens (including phenoxy) is 1. The summed E-state index contributed by atoms with van der Waals surface area (Å²) in [5, 5.41) is 0. The summed E-state index contributed by atoms with van der Waals surface area (Å²) in [7, 11) is 0. The van der Waals surface area contributed by atoms with Crippen LogP contribution < -0.4 is 5.73 Å². The van der Waals surface area contributed by atoms with Crippen LogP contribution in [0.15, 0.2) is 18.2 Å². The fourth-order valence-electron chi connectivity index (χ4n) is 2.64. The second-order valence-corrected chi connectivity index (χ2v) is 5.26. The van der Waals surface area contributed by atoms with E-state index in [1.165, 1.54) is 16.7 Å². The molecule has 1 aliphatic rings. The molecule has 0 aliphatic carbocycles. The van der Waals surface area contributed by atoms with E-state index in [2.05, 4.69) is 43.9 Å². The molecule has 1 aromatic carbocycles. The zero-order valence-electron chi connectivity index (χ0n) is 11.6. The van der Waals surface area contributed by atoms with E-state index in [1.54, 1.807) is 0 Å². The summed E-state index contributed by atoms with van der Waals surface area (Å²) in [4.78, 5) is 2.48. The summed E-state index contributed by atoms with van der Waals surface area (Å²) >= 11 is 0. The Morgan fingerprint density at radius 1 is 1.44 bits per heavy atom. The average Bonchev–Trinajstić information content (AvgIpc) is 2.41. The van der Waals surface area contributed by atoms with Crippen LogP contribution in [0.1, 0.15) is 29.7 Å². The molecule has 0 bridgehead atoms. The highest BCUT2D eigenvalue weighted by Crippen LogP contribution is 2.26. The van der Waals surface area contributed by atoms with Crippen molar-refractivity contribution in [2.24, 2.45) is 5.73 Å². The molecular formula is C15H24N2O. The maximum absolute atomic E-state index is 5.71. The van der Waals surface area contributed by atoms with Crippen LogP contribution >= 0.6 is 0 Å². The van der Waals surface area contributed by atoms with E-state index >= 15 is 0 Å². The molecule has 0 amide bonds. The first kappa shape index (κ1) is 13.5. The Morgan fingerprint density at radius 3 is 2.94 bits per heavy atom. The Morgan fingerprint density at radius 2 is 2.22 bits per heavy atom. The molecule has 2 unspecified atom stereocenters. The van der Waals surface area contributed by atoms with Crippen molar-refractivity contribution >= 4 is 0 Å². The lowest BCUT2D eigenvalue weighted by Crippen LogP contribution is -2.46. The molecule has 0 aromatic heterocycles. The van der Waals surface area contributed by atoms with E-state index in [4.69, 9.17) is 10.5 Å². The zero-order chi connectivity index (χ0) is 13.1. The van der Waals surface area contributed by atoms with E-state index < -0.39 is 0 Å². The molecule has 1 aliphatic heterocycles. The summed E-state index contributed by atoms with van der Waals surface area (Å²) in [6.45, 7) is 9.94. The first-order chi connectivity index (χ1) is 8.61. The number of benzene rings is 1. The lowest BCUT2D eigenvalue weighted by atomic mass is 9.98. The van der Waals surface area contributed by atoms with Crippen molar-refractivity contribution in [2.45, 2.75) is 32.9 Å². The topological polar surface area (TPSA) is 38.5 Å². The van der Waals surface area contributed by atoms with Gasteiger partial charge in [0, 0.05) is 25.7 Å². The Hall–Kier alpha value is -0.900. The first-order valence-electron chi connectivity index (χ1n) is 6.74. The lowest BCUT2D eigenvalue weighted by molar-refractivity contribution is -0.0365. The normalized spacial score (nSPS) is 23.0. The number of hydrogen-bond acceptors (Lipinski definition) is 3. The van der Waals surface area contributed by atoms with Gasteiger partial charge in [-0.2, -0.15) is 0 Å². The third-order valence-electron chi connectivity index (χ3n) is 3.87. The van der Waals surface area contributed by atoms with Crippen LogP contribution in [0.25, 0.3) is 0 Å². The van der Waals surface area contributed by atoms with Gasteiger partial charge in [0.15, 0.2) is 0 Å². The number of morpholine rings is 1. The maximum Gasteiger partial charge on any atom is 0.0824 e. The molecule has 3 heteroatoms. The average molecular weight is 248 g/mol. The van der Waals surface area contributed by atoms with Gasteiger partial charge in [-0.3, -0.25) is 4.90 Å². The SMILES string of the molecule is Cc1ccc(C)c(C(C)N2CCOC(CN)C2)c1. The second kappa shape index (κ2) is 5.83. The van der Waals surface area contributed by atoms with Gasteiger partial charge in [0.1, 0.15) is 0 Å². The zero-order valence-corrected chi connectivity index (χ0v) is 11.6. The molecule has 2 N–H and O–H groups in total. The Balaban J connectivity index is 2.14. The van der Waals surface area contributed by atoms with Crippen molar-refractivity contribution in [3.8, 4) is 0 Å². The van der Waals surface area contributed by atoms with Gasteiger partial charge in [-0.15, -0.1) is 0 Å². The van der Waals surface area contributed by atoms with Crippen LogP contribution in [0.2, 0.25) is 0 Å². The van der Waals surface area contributed by atoms with Gasteiger partial charge in [-0.05, 0) is 31.9 Å². The molecule has 3 nitrogen and oxygen atoms in total. The minimum atomic E-state index is 0.186. The van der Waals surface area contributed by atoms with E-state index in [0.29, 0.717) is 12.6 Å². The summed E-state index contributed by atoms with van der Waals surface area (Å²) < 4.78 is 5.63. The van der Waals surface area contributed by atoms with Crippen LogP contribution in [0.5, 0.6) is 0 Å². The van der Waals surface area contributed by atoms with Gasteiger partial charge in [-0.25, -0.2) is 0 Å². The van der Waals surface area contributed by atoms with Gasteiger partial charge in [-0.1, -0.05) is 23.8 Å². The molecule has 18 heavy (non-hydrogen) atoms. The van der Waals surface area contributed by atoms with E-state index in [9.17, 15) is 0 Å². The fourth-order valence-corrected chi connectivity index (χ4v) is 2.64. The number of nitrogens with zero attached hydrogens (tertiary/aromatic N) is 1. The largest absolute Gasteiger partial charge is 0.374 e. The van der Waals surface area contributed by atoms with Crippen molar-refractivity contribution in [3.63, 3.8) is 0 Å². The summed E-state index contributed by atoms with van der Waals surface area (Å²) in [6, 6.07) is 7.12. The molecule has 0 spiro atoms. The smallest absolute Gasteiger partial charge is 0.0824 e. The van der Waals surface area contributed by atoms with Gasteiger partial charge in [0.25, 0.3) is 0 Å². The fraction of sp³-hybridized carbons (Fsp3) is 0.600. The minimum absolute atomic E-state index is 0.186. The van der Waals surface area contributed by atoms with Crippen LogP contribution in [0.3, 0.4) is 0 Å². The quantitative estimate of drug-likeness (QED) is 0.889. The number of nitrogens with two attached hydrogens (primary N) is 1. The van der Waals surface area contributed by atoms with Crippen molar-refractivity contribution in [1.82, 2.24) is 4.90 Å². The molecule has 2 rings (SSSR count). The number of aryl methyl sites for hydroxylation is 2. The molecule has 2 atom stereocenters. The van der Waals surface area contributed by atoms with Gasteiger partial charge in [0.2, 0.25) is 0 Å². The van der Waals surface area contributed by atoms with E-state index in [1.807, 2.05) is 0 Å². The monoisotopic (exact) mass is 248 g/mol. The minimum Gasteiger partial charge on any atom is -0.374 e.